The second-order valence-corrected chi connectivity index (χ2v) is 6.13. The second kappa shape index (κ2) is 8.23. The summed E-state index contributed by atoms with van der Waals surface area (Å²) in [6.07, 6.45) is 0.874. The van der Waals surface area contributed by atoms with Crippen LogP contribution < -0.4 is 14.8 Å². The average Bonchev–Trinajstić information content (AvgIpc) is 2.51. The number of halogens is 1. The molecule has 0 aliphatic heterocycles. The zero-order valence-corrected chi connectivity index (χ0v) is 15.0. The van der Waals surface area contributed by atoms with E-state index in [2.05, 4.69) is 24.4 Å². The minimum absolute atomic E-state index is 0.784. The van der Waals surface area contributed by atoms with Crippen LogP contribution in [0.2, 0.25) is 5.02 Å². The van der Waals surface area contributed by atoms with Crippen LogP contribution in [0.1, 0.15) is 22.3 Å². The van der Waals surface area contributed by atoms with Crippen molar-refractivity contribution in [3.63, 3.8) is 0 Å². The Morgan fingerprint density at radius 3 is 2.35 bits per heavy atom. The van der Waals surface area contributed by atoms with Crippen molar-refractivity contribution in [2.75, 3.05) is 20.8 Å². The number of benzene rings is 2. The first-order chi connectivity index (χ1) is 11.0. The second-order valence-electron chi connectivity index (χ2n) is 5.70. The first-order valence-electron chi connectivity index (χ1n) is 7.71. The molecule has 124 valence electrons. The first-order valence-corrected chi connectivity index (χ1v) is 8.09. The lowest BCUT2D eigenvalue weighted by Crippen LogP contribution is -2.17. The molecule has 3 nitrogen and oxygen atoms in total. The van der Waals surface area contributed by atoms with E-state index in [1.54, 1.807) is 14.2 Å². The molecule has 0 heterocycles. The number of nitrogens with one attached hydrogen (secondary N) is 1. The van der Waals surface area contributed by atoms with Crippen molar-refractivity contribution >= 4 is 11.6 Å². The van der Waals surface area contributed by atoms with Crippen molar-refractivity contribution in [3.8, 4) is 11.5 Å². The van der Waals surface area contributed by atoms with Crippen molar-refractivity contribution in [1.29, 1.82) is 0 Å². The number of aryl methyl sites for hydroxylation is 2. The third-order valence-electron chi connectivity index (χ3n) is 3.80. The van der Waals surface area contributed by atoms with E-state index >= 15 is 0 Å². The highest BCUT2D eigenvalue weighted by atomic mass is 35.5. The van der Waals surface area contributed by atoms with Crippen LogP contribution >= 0.6 is 11.6 Å². The summed E-state index contributed by atoms with van der Waals surface area (Å²) in [6, 6.07) is 10.2. The number of hydrogen-bond acceptors (Lipinski definition) is 3. The van der Waals surface area contributed by atoms with E-state index in [9.17, 15) is 0 Å². The minimum atomic E-state index is 0.784. The Balaban J connectivity index is 1.95. The Bertz CT molecular complexity index is 650. The quantitative estimate of drug-likeness (QED) is 0.766. The normalized spacial score (nSPS) is 10.7. The molecule has 0 radical (unpaired) electrons. The first kappa shape index (κ1) is 17.6. The molecule has 1 N–H and O–H groups in total. The molecule has 0 saturated carbocycles. The molecule has 23 heavy (non-hydrogen) atoms. The van der Waals surface area contributed by atoms with Crippen LogP contribution in [0.15, 0.2) is 30.3 Å². The van der Waals surface area contributed by atoms with Gasteiger partial charge in [0.25, 0.3) is 0 Å². The lowest BCUT2D eigenvalue weighted by Gasteiger charge is -2.13. The predicted octanol–water partition coefficient (Wildman–Crippen LogP) is 4.31. The van der Waals surface area contributed by atoms with Crippen molar-refractivity contribution in [2.24, 2.45) is 0 Å². The summed E-state index contributed by atoms with van der Waals surface area (Å²) in [5.74, 6) is 1.80. The van der Waals surface area contributed by atoms with Gasteiger partial charge in [-0.1, -0.05) is 17.7 Å². The van der Waals surface area contributed by atoms with E-state index in [0.29, 0.717) is 0 Å². The van der Waals surface area contributed by atoms with Gasteiger partial charge in [-0.05, 0) is 73.3 Å². The molecular formula is C19H24ClNO2. The molecule has 0 unspecified atom stereocenters. The van der Waals surface area contributed by atoms with Gasteiger partial charge < -0.3 is 14.8 Å². The van der Waals surface area contributed by atoms with E-state index < -0.39 is 0 Å². The molecule has 0 aliphatic rings. The molecule has 2 aromatic carbocycles. The largest absolute Gasteiger partial charge is 0.496 e. The fourth-order valence-corrected chi connectivity index (χ4v) is 2.99. The Morgan fingerprint density at radius 1 is 0.957 bits per heavy atom. The molecule has 4 heteroatoms. The van der Waals surface area contributed by atoms with Crippen molar-refractivity contribution in [1.82, 2.24) is 5.32 Å². The molecule has 0 amide bonds. The minimum Gasteiger partial charge on any atom is -0.496 e. The van der Waals surface area contributed by atoms with Gasteiger partial charge in [-0.15, -0.1) is 0 Å². The Kier molecular flexibility index (Phi) is 6.31. The molecule has 0 aromatic heterocycles. The van der Waals surface area contributed by atoms with Gasteiger partial charge in [-0.25, -0.2) is 0 Å². The smallest absolute Gasteiger partial charge is 0.122 e. The predicted molar refractivity (Wildman–Crippen MR) is 95.9 cm³/mol. The van der Waals surface area contributed by atoms with Crippen LogP contribution in [0.3, 0.4) is 0 Å². The summed E-state index contributed by atoms with van der Waals surface area (Å²) in [4.78, 5) is 0. The van der Waals surface area contributed by atoms with E-state index in [1.165, 1.54) is 11.1 Å². The highest BCUT2D eigenvalue weighted by Gasteiger charge is 2.08. The topological polar surface area (TPSA) is 30.5 Å². The zero-order chi connectivity index (χ0) is 16.8. The highest BCUT2D eigenvalue weighted by molar-refractivity contribution is 6.30. The summed E-state index contributed by atoms with van der Waals surface area (Å²) in [5.41, 5.74) is 4.60. The Morgan fingerprint density at radius 2 is 1.70 bits per heavy atom. The summed E-state index contributed by atoms with van der Waals surface area (Å²) in [6.45, 7) is 5.73. The maximum atomic E-state index is 6.09. The van der Waals surface area contributed by atoms with Crippen LogP contribution in [0.4, 0.5) is 0 Å². The van der Waals surface area contributed by atoms with Gasteiger partial charge in [0.15, 0.2) is 0 Å². The SMILES string of the molecule is COc1cc(CCNCc2cc(C)cc(Cl)c2)c(OC)cc1C. The molecule has 2 aromatic rings. The van der Waals surface area contributed by atoms with Gasteiger partial charge in [0.05, 0.1) is 14.2 Å². The third kappa shape index (κ3) is 4.88. The Labute approximate surface area is 143 Å². The lowest BCUT2D eigenvalue weighted by molar-refractivity contribution is 0.396. The average molecular weight is 334 g/mol. The standard InChI is InChI=1S/C19H24ClNO2/c1-13-7-15(10-17(20)8-13)12-21-6-5-16-11-18(22-3)14(2)9-19(16)23-4/h7-11,21H,5-6,12H2,1-4H3. The molecule has 2 rings (SSSR count). The van der Waals surface area contributed by atoms with E-state index in [1.807, 2.05) is 25.1 Å². The van der Waals surface area contributed by atoms with E-state index in [-0.39, 0.29) is 0 Å². The van der Waals surface area contributed by atoms with E-state index in [4.69, 9.17) is 21.1 Å². The monoisotopic (exact) mass is 333 g/mol. The Hall–Kier alpha value is -1.71. The van der Waals surface area contributed by atoms with Crippen LogP contribution in [0, 0.1) is 13.8 Å². The summed E-state index contributed by atoms with van der Waals surface area (Å²) in [5, 5.41) is 4.24. The third-order valence-corrected chi connectivity index (χ3v) is 4.02. The highest BCUT2D eigenvalue weighted by Crippen LogP contribution is 2.28. The van der Waals surface area contributed by atoms with Gasteiger partial charge in [0.1, 0.15) is 11.5 Å². The molecule has 0 spiro atoms. The number of ether oxygens (including phenoxy) is 2. The van der Waals surface area contributed by atoms with Gasteiger partial charge in [-0.3, -0.25) is 0 Å². The van der Waals surface area contributed by atoms with E-state index in [0.717, 1.165) is 47.2 Å². The van der Waals surface area contributed by atoms with Gasteiger partial charge in [-0.2, -0.15) is 0 Å². The lowest BCUT2D eigenvalue weighted by atomic mass is 10.1. The van der Waals surface area contributed by atoms with Crippen LogP contribution in [0.25, 0.3) is 0 Å². The summed E-state index contributed by atoms with van der Waals surface area (Å²) < 4.78 is 10.9. The maximum Gasteiger partial charge on any atom is 0.122 e. The number of rotatable bonds is 7. The maximum absolute atomic E-state index is 6.09. The number of methoxy groups -OCH3 is 2. The van der Waals surface area contributed by atoms with Crippen LogP contribution in [-0.4, -0.2) is 20.8 Å². The van der Waals surface area contributed by atoms with Crippen LogP contribution in [-0.2, 0) is 13.0 Å². The molecular weight excluding hydrogens is 310 g/mol. The fraction of sp³-hybridized carbons (Fsp3) is 0.368. The van der Waals surface area contributed by atoms with Crippen molar-refractivity contribution < 1.29 is 9.47 Å². The molecule has 0 bridgehead atoms. The van der Waals surface area contributed by atoms with Gasteiger partial charge in [0, 0.05) is 11.6 Å². The summed E-state index contributed by atoms with van der Waals surface area (Å²) >= 11 is 6.09. The number of hydrogen-bond donors (Lipinski definition) is 1. The van der Waals surface area contributed by atoms with Gasteiger partial charge in [0.2, 0.25) is 0 Å². The zero-order valence-electron chi connectivity index (χ0n) is 14.2. The van der Waals surface area contributed by atoms with Gasteiger partial charge >= 0.3 is 0 Å². The van der Waals surface area contributed by atoms with Crippen molar-refractivity contribution in [3.05, 3.63) is 57.6 Å². The van der Waals surface area contributed by atoms with Crippen molar-refractivity contribution in [2.45, 2.75) is 26.8 Å². The molecule has 0 fully saturated rings. The van der Waals surface area contributed by atoms with Crippen LogP contribution in [0.5, 0.6) is 11.5 Å². The molecule has 0 aliphatic carbocycles. The summed E-state index contributed by atoms with van der Waals surface area (Å²) in [7, 11) is 3.39. The molecule has 0 saturated heterocycles. The molecule has 0 atom stereocenters. The fourth-order valence-electron chi connectivity index (χ4n) is 2.68.